The molecule has 3 aromatic rings. The summed E-state index contributed by atoms with van der Waals surface area (Å²) in [6, 6.07) is 16.2. The van der Waals surface area contributed by atoms with Crippen LogP contribution >= 0.6 is 0 Å². The third-order valence-corrected chi connectivity index (χ3v) is 4.61. The molecule has 0 aromatic heterocycles. The Morgan fingerprint density at radius 2 is 1.25 bits per heavy atom. The normalized spacial score (nSPS) is 10.9. The van der Waals surface area contributed by atoms with Gasteiger partial charge in [0.1, 0.15) is 17.2 Å². The van der Waals surface area contributed by atoms with Crippen molar-refractivity contribution >= 4 is 36.1 Å². The summed E-state index contributed by atoms with van der Waals surface area (Å²) in [5.41, 5.74) is 2.13. The number of hydrogen-bond donors (Lipinski definition) is 1. The highest BCUT2D eigenvalue weighted by atomic mass is 16.5. The predicted molar refractivity (Wildman–Crippen MR) is 134 cm³/mol. The Balaban J connectivity index is 1.66. The van der Waals surface area contributed by atoms with Crippen LogP contribution in [0, 0.1) is 0 Å². The second-order valence-corrected chi connectivity index (χ2v) is 7.51. The summed E-state index contributed by atoms with van der Waals surface area (Å²) in [6.45, 7) is 2.56. The number of carbonyl (C=O) groups excluding carboxylic acids is 3. The summed E-state index contributed by atoms with van der Waals surface area (Å²) < 4.78 is 20.6. The largest absolute Gasteiger partial charge is 0.504 e. The van der Waals surface area contributed by atoms with Crippen molar-refractivity contribution in [1.29, 1.82) is 0 Å². The van der Waals surface area contributed by atoms with E-state index in [0.29, 0.717) is 22.6 Å². The van der Waals surface area contributed by atoms with E-state index in [1.807, 2.05) is 0 Å². The minimum Gasteiger partial charge on any atom is -0.504 e. The van der Waals surface area contributed by atoms with Crippen molar-refractivity contribution in [2.75, 3.05) is 7.11 Å². The lowest BCUT2D eigenvalue weighted by Gasteiger charge is -2.07. The van der Waals surface area contributed by atoms with Gasteiger partial charge in [-0.15, -0.1) is 0 Å². The monoisotopic (exact) mass is 488 g/mol. The molecular formula is C28H24O8. The third-order valence-electron chi connectivity index (χ3n) is 4.61. The molecule has 184 valence electrons. The SMILES string of the molecule is COc1cc(/C=C/C(=O)Oc2ccc(/C=C/c3cc(OC(C)=O)cc(OC(C)=O)c3)cc2)ccc1O. The van der Waals surface area contributed by atoms with E-state index in [1.54, 1.807) is 66.8 Å². The van der Waals surface area contributed by atoms with Crippen molar-refractivity contribution in [2.24, 2.45) is 0 Å². The van der Waals surface area contributed by atoms with E-state index in [9.17, 15) is 19.5 Å². The molecule has 0 fully saturated rings. The molecule has 0 radical (unpaired) electrons. The van der Waals surface area contributed by atoms with Gasteiger partial charge in [-0.05, 0) is 59.2 Å². The Labute approximate surface area is 208 Å². The lowest BCUT2D eigenvalue weighted by Crippen LogP contribution is -2.04. The highest BCUT2D eigenvalue weighted by Gasteiger charge is 2.07. The summed E-state index contributed by atoms with van der Waals surface area (Å²) in [4.78, 5) is 34.7. The molecule has 0 aliphatic carbocycles. The van der Waals surface area contributed by atoms with Crippen LogP contribution in [0.3, 0.4) is 0 Å². The molecule has 0 aliphatic heterocycles. The van der Waals surface area contributed by atoms with Gasteiger partial charge in [0.25, 0.3) is 0 Å². The van der Waals surface area contributed by atoms with E-state index in [-0.39, 0.29) is 17.2 Å². The van der Waals surface area contributed by atoms with Crippen LogP contribution in [0.25, 0.3) is 18.2 Å². The van der Waals surface area contributed by atoms with Gasteiger partial charge >= 0.3 is 17.9 Å². The first-order valence-corrected chi connectivity index (χ1v) is 10.8. The smallest absolute Gasteiger partial charge is 0.336 e. The van der Waals surface area contributed by atoms with Gasteiger partial charge in [-0.2, -0.15) is 0 Å². The number of rotatable bonds is 8. The van der Waals surface area contributed by atoms with Crippen LogP contribution in [-0.2, 0) is 14.4 Å². The van der Waals surface area contributed by atoms with Crippen molar-refractivity contribution in [3.8, 4) is 28.7 Å². The van der Waals surface area contributed by atoms with Gasteiger partial charge in [0, 0.05) is 26.0 Å². The van der Waals surface area contributed by atoms with Crippen molar-refractivity contribution in [3.63, 3.8) is 0 Å². The molecule has 8 heteroatoms. The van der Waals surface area contributed by atoms with Gasteiger partial charge in [-0.1, -0.05) is 30.4 Å². The van der Waals surface area contributed by atoms with E-state index in [0.717, 1.165) is 5.56 Å². The zero-order chi connectivity index (χ0) is 26.1. The number of benzene rings is 3. The molecular weight excluding hydrogens is 464 g/mol. The molecule has 8 nitrogen and oxygen atoms in total. The number of carbonyl (C=O) groups is 3. The fraction of sp³-hybridized carbons (Fsp3) is 0.107. The maximum absolute atomic E-state index is 12.1. The number of aromatic hydroxyl groups is 1. The van der Waals surface area contributed by atoms with Crippen molar-refractivity contribution < 1.29 is 38.4 Å². The van der Waals surface area contributed by atoms with E-state index >= 15 is 0 Å². The molecule has 0 amide bonds. The minimum atomic E-state index is -0.564. The Bertz CT molecular complexity index is 1290. The van der Waals surface area contributed by atoms with Gasteiger partial charge in [-0.25, -0.2) is 4.79 Å². The highest BCUT2D eigenvalue weighted by molar-refractivity contribution is 5.89. The van der Waals surface area contributed by atoms with E-state index in [4.69, 9.17) is 18.9 Å². The number of hydrogen-bond acceptors (Lipinski definition) is 8. The Kier molecular flexibility index (Phi) is 8.61. The second kappa shape index (κ2) is 12.0. The Morgan fingerprint density at radius 1 is 0.667 bits per heavy atom. The molecule has 0 bridgehead atoms. The molecule has 0 unspecified atom stereocenters. The van der Waals surface area contributed by atoms with Crippen LogP contribution < -0.4 is 18.9 Å². The zero-order valence-corrected chi connectivity index (χ0v) is 19.9. The maximum Gasteiger partial charge on any atom is 0.336 e. The molecule has 3 rings (SSSR count). The van der Waals surface area contributed by atoms with Crippen molar-refractivity contribution in [1.82, 2.24) is 0 Å². The predicted octanol–water partition coefficient (Wildman–Crippen LogP) is 5.04. The van der Waals surface area contributed by atoms with E-state index in [1.165, 1.54) is 39.2 Å². The summed E-state index contributed by atoms with van der Waals surface area (Å²) >= 11 is 0. The summed E-state index contributed by atoms with van der Waals surface area (Å²) in [6.07, 6.45) is 6.38. The third kappa shape index (κ3) is 7.88. The van der Waals surface area contributed by atoms with E-state index in [2.05, 4.69) is 0 Å². The first kappa shape index (κ1) is 25.8. The highest BCUT2D eigenvalue weighted by Crippen LogP contribution is 2.27. The Morgan fingerprint density at radius 3 is 1.83 bits per heavy atom. The van der Waals surface area contributed by atoms with Crippen LogP contribution in [-0.4, -0.2) is 30.1 Å². The topological polar surface area (TPSA) is 108 Å². The number of phenols is 1. The van der Waals surface area contributed by atoms with Gasteiger partial charge in [0.2, 0.25) is 0 Å². The first-order chi connectivity index (χ1) is 17.2. The maximum atomic E-state index is 12.1. The zero-order valence-electron chi connectivity index (χ0n) is 19.9. The number of ether oxygens (including phenoxy) is 4. The number of phenolic OH excluding ortho intramolecular Hbond substituents is 1. The first-order valence-electron chi connectivity index (χ1n) is 10.8. The quantitative estimate of drug-likeness (QED) is 0.203. The van der Waals surface area contributed by atoms with Crippen molar-refractivity contribution in [3.05, 3.63) is 83.4 Å². The second-order valence-electron chi connectivity index (χ2n) is 7.51. The lowest BCUT2D eigenvalue weighted by molar-refractivity contribution is -0.132. The summed E-state index contributed by atoms with van der Waals surface area (Å²) in [7, 11) is 1.44. The lowest BCUT2D eigenvalue weighted by atomic mass is 10.1. The molecule has 0 saturated heterocycles. The van der Waals surface area contributed by atoms with Crippen LogP contribution in [0.1, 0.15) is 30.5 Å². The fourth-order valence-corrected chi connectivity index (χ4v) is 3.09. The van der Waals surface area contributed by atoms with Crippen LogP contribution in [0.5, 0.6) is 28.7 Å². The standard InChI is InChI=1S/C28H24O8/c1-18(29)34-24-14-22(15-25(17-24)35-19(2)30)5-4-20-6-10-23(11-7-20)36-28(32)13-9-21-8-12-26(31)27(16-21)33-3/h4-17,31H,1-3H3/b5-4+,13-9+. The average Bonchev–Trinajstić information content (AvgIpc) is 2.82. The summed E-state index contributed by atoms with van der Waals surface area (Å²) in [5, 5.41) is 9.64. The summed E-state index contributed by atoms with van der Waals surface area (Å²) in [5.74, 6) is -0.378. The van der Waals surface area contributed by atoms with Gasteiger partial charge < -0.3 is 24.1 Å². The van der Waals surface area contributed by atoms with Gasteiger partial charge in [0.05, 0.1) is 7.11 Å². The number of esters is 3. The van der Waals surface area contributed by atoms with Crippen LogP contribution in [0.15, 0.2) is 66.7 Å². The van der Waals surface area contributed by atoms with Crippen LogP contribution in [0.4, 0.5) is 0 Å². The fourth-order valence-electron chi connectivity index (χ4n) is 3.09. The van der Waals surface area contributed by atoms with Gasteiger partial charge in [0.15, 0.2) is 11.5 Å². The average molecular weight is 488 g/mol. The molecule has 36 heavy (non-hydrogen) atoms. The molecule has 0 spiro atoms. The Hall–Kier alpha value is -4.85. The minimum absolute atomic E-state index is 0.00768. The molecule has 0 heterocycles. The van der Waals surface area contributed by atoms with Crippen molar-refractivity contribution in [2.45, 2.75) is 13.8 Å². The molecule has 1 N–H and O–H groups in total. The van der Waals surface area contributed by atoms with Gasteiger partial charge in [-0.3, -0.25) is 9.59 Å². The molecule has 0 atom stereocenters. The van der Waals surface area contributed by atoms with Crippen LogP contribution in [0.2, 0.25) is 0 Å². The van der Waals surface area contributed by atoms with E-state index < -0.39 is 17.9 Å². The molecule has 0 aliphatic rings. The number of methoxy groups -OCH3 is 1. The molecule has 3 aromatic carbocycles. The molecule has 0 saturated carbocycles.